The number of fused-ring (bicyclic) bond motifs is 1. The van der Waals surface area contributed by atoms with Gasteiger partial charge in [-0.3, -0.25) is 14.9 Å². The summed E-state index contributed by atoms with van der Waals surface area (Å²) in [7, 11) is 1.69. The van der Waals surface area contributed by atoms with Gasteiger partial charge in [0.15, 0.2) is 17.2 Å². The van der Waals surface area contributed by atoms with Crippen LogP contribution in [0.1, 0.15) is 16.1 Å². The molecule has 28 heavy (non-hydrogen) atoms. The molecule has 1 aromatic heterocycles. The number of non-ortho nitro benzene ring substituents is 1. The third kappa shape index (κ3) is 3.37. The quantitative estimate of drug-likeness (QED) is 0.498. The number of hydrogen-bond donors (Lipinski definition) is 0. The number of benzene rings is 2. The molecular formula is C19H16N4O5. The average Bonchev–Trinajstić information content (AvgIpc) is 3.36. The maximum Gasteiger partial charge on any atom is 0.274 e. The Balaban J connectivity index is 1.47. The van der Waals surface area contributed by atoms with Crippen molar-refractivity contribution >= 4 is 11.6 Å². The molecule has 2 heterocycles. The van der Waals surface area contributed by atoms with Crippen LogP contribution in [0.3, 0.4) is 0 Å². The highest BCUT2D eigenvalue weighted by molar-refractivity contribution is 5.92. The second-order valence-electron chi connectivity index (χ2n) is 6.27. The zero-order chi connectivity index (χ0) is 19.7. The van der Waals surface area contributed by atoms with E-state index >= 15 is 0 Å². The van der Waals surface area contributed by atoms with E-state index < -0.39 is 4.92 Å². The van der Waals surface area contributed by atoms with E-state index in [0.717, 1.165) is 5.56 Å². The molecule has 0 bridgehead atoms. The third-order valence-electron chi connectivity index (χ3n) is 4.34. The molecule has 4 rings (SSSR count). The van der Waals surface area contributed by atoms with Crippen LogP contribution in [-0.2, 0) is 6.54 Å². The predicted molar refractivity (Wildman–Crippen MR) is 98.6 cm³/mol. The summed E-state index contributed by atoms with van der Waals surface area (Å²) in [6.45, 7) is 0.591. The zero-order valence-electron chi connectivity index (χ0n) is 14.9. The van der Waals surface area contributed by atoms with Crippen LogP contribution in [0.5, 0.6) is 11.5 Å². The van der Waals surface area contributed by atoms with Crippen molar-refractivity contribution in [3.8, 4) is 17.2 Å². The average molecular weight is 380 g/mol. The Kier molecular flexibility index (Phi) is 4.40. The van der Waals surface area contributed by atoms with Gasteiger partial charge >= 0.3 is 0 Å². The topological polar surface area (TPSA) is 99.7 Å². The lowest BCUT2D eigenvalue weighted by molar-refractivity contribution is -0.384. The number of carbonyl (C=O) groups excluding carboxylic acids is 1. The first-order valence-corrected chi connectivity index (χ1v) is 8.46. The summed E-state index contributed by atoms with van der Waals surface area (Å²) in [5.41, 5.74) is 1.82. The maximum atomic E-state index is 12.7. The number of aromatic nitrogens is 2. The molecule has 0 fully saturated rings. The lowest BCUT2D eigenvalue weighted by Crippen LogP contribution is -2.26. The maximum absolute atomic E-state index is 12.7. The largest absolute Gasteiger partial charge is 0.454 e. The molecular weight excluding hydrogens is 364 g/mol. The van der Waals surface area contributed by atoms with Crippen molar-refractivity contribution in [2.75, 3.05) is 13.8 Å². The van der Waals surface area contributed by atoms with Crippen molar-refractivity contribution in [1.82, 2.24) is 14.7 Å². The van der Waals surface area contributed by atoms with Crippen LogP contribution in [0.4, 0.5) is 5.69 Å². The first-order valence-electron chi connectivity index (χ1n) is 8.46. The highest BCUT2D eigenvalue weighted by Crippen LogP contribution is 2.32. The van der Waals surface area contributed by atoms with Crippen LogP contribution in [0, 0.1) is 10.1 Å². The fraction of sp³-hybridized carbons (Fsp3) is 0.158. The molecule has 0 aliphatic carbocycles. The van der Waals surface area contributed by atoms with E-state index in [0.29, 0.717) is 23.7 Å². The van der Waals surface area contributed by atoms with Crippen LogP contribution >= 0.6 is 0 Å². The van der Waals surface area contributed by atoms with Gasteiger partial charge in [-0.15, -0.1) is 0 Å². The molecule has 1 aliphatic rings. The number of nitro groups is 1. The molecule has 1 aliphatic heterocycles. The number of hydrogen-bond acceptors (Lipinski definition) is 6. The Morgan fingerprint density at radius 1 is 1.18 bits per heavy atom. The molecule has 0 saturated heterocycles. The van der Waals surface area contributed by atoms with Crippen LogP contribution in [0.25, 0.3) is 5.69 Å². The van der Waals surface area contributed by atoms with Gasteiger partial charge in [0.25, 0.3) is 11.6 Å². The first-order chi connectivity index (χ1) is 13.5. The Labute approximate surface area is 159 Å². The molecule has 3 aromatic rings. The second kappa shape index (κ2) is 7.03. The number of nitro benzene ring substituents is 1. The lowest BCUT2D eigenvalue weighted by atomic mass is 10.2. The van der Waals surface area contributed by atoms with Gasteiger partial charge in [0.1, 0.15) is 0 Å². The molecule has 2 aromatic carbocycles. The van der Waals surface area contributed by atoms with Crippen LogP contribution in [0.15, 0.2) is 54.7 Å². The van der Waals surface area contributed by atoms with Gasteiger partial charge < -0.3 is 14.4 Å². The molecule has 9 nitrogen and oxygen atoms in total. The minimum atomic E-state index is -0.465. The predicted octanol–water partition coefficient (Wildman–Crippen LogP) is 2.78. The lowest BCUT2D eigenvalue weighted by Gasteiger charge is -2.16. The molecule has 0 radical (unpaired) electrons. The highest BCUT2D eigenvalue weighted by atomic mass is 16.7. The summed E-state index contributed by atoms with van der Waals surface area (Å²) in [6.07, 6.45) is 1.64. The van der Waals surface area contributed by atoms with Crippen molar-refractivity contribution in [1.29, 1.82) is 0 Å². The zero-order valence-corrected chi connectivity index (χ0v) is 14.9. The summed E-state index contributed by atoms with van der Waals surface area (Å²) in [4.78, 5) is 24.5. The molecule has 0 spiro atoms. The van der Waals surface area contributed by atoms with Crippen LogP contribution < -0.4 is 9.47 Å². The monoisotopic (exact) mass is 380 g/mol. The van der Waals surface area contributed by atoms with Gasteiger partial charge in [-0.2, -0.15) is 5.10 Å². The van der Waals surface area contributed by atoms with Crippen LogP contribution in [0.2, 0.25) is 0 Å². The number of nitrogens with zero attached hydrogens (tertiary/aromatic N) is 4. The highest BCUT2D eigenvalue weighted by Gasteiger charge is 2.18. The van der Waals surface area contributed by atoms with Gasteiger partial charge in [-0.25, -0.2) is 4.68 Å². The number of ether oxygens (including phenoxy) is 2. The molecule has 0 N–H and O–H groups in total. The van der Waals surface area contributed by atoms with E-state index in [1.165, 1.54) is 16.8 Å². The van der Waals surface area contributed by atoms with Gasteiger partial charge in [0.2, 0.25) is 6.79 Å². The van der Waals surface area contributed by atoms with E-state index in [1.807, 2.05) is 18.2 Å². The van der Waals surface area contributed by atoms with Gasteiger partial charge in [0, 0.05) is 31.9 Å². The van der Waals surface area contributed by atoms with Crippen molar-refractivity contribution in [3.63, 3.8) is 0 Å². The molecule has 0 saturated carbocycles. The van der Waals surface area contributed by atoms with Gasteiger partial charge in [0.05, 0.1) is 10.6 Å². The minimum absolute atomic E-state index is 0.00401. The fourth-order valence-corrected chi connectivity index (χ4v) is 2.89. The summed E-state index contributed by atoms with van der Waals surface area (Å²) >= 11 is 0. The second-order valence-corrected chi connectivity index (χ2v) is 6.27. The number of carbonyl (C=O) groups is 1. The standard InChI is InChI=1S/C19H16N4O5/c1-21(11-13-2-7-17-18(10-13)28-12-27-17)19(24)16-8-9-22(20-16)14-3-5-15(6-4-14)23(25)26/h2-10H,11-12H2,1H3. The fourth-order valence-electron chi connectivity index (χ4n) is 2.89. The first kappa shape index (κ1) is 17.5. The van der Waals surface area contributed by atoms with Gasteiger partial charge in [-0.05, 0) is 35.9 Å². The van der Waals surface area contributed by atoms with E-state index in [1.54, 1.807) is 36.3 Å². The SMILES string of the molecule is CN(Cc1ccc2c(c1)OCO2)C(=O)c1ccn(-c2ccc([N+](=O)[O-])cc2)n1. The number of rotatable bonds is 5. The summed E-state index contributed by atoms with van der Waals surface area (Å²) < 4.78 is 12.2. The summed E-state index contributed by atoms with van der Waals surface area (Å²) in [5, 5.41) is 15.0. The molecule has 0 atom stereocenters. The Morgan fingerprint density at radius 2 is 1.93 bits per heavy atom. The normalized spacial score (nSPS) is 12.0. The minimum Gasteiger partial charge on any atom is -0.454 e. The number of amides is 1. The smallest absolute Gasteiger partial charge is 0.274 e. The van der Waals surface area contributed by atoms with Gasteiger partial charge in [-0.1, -0.05) is 6.07 Å². The Hall–Kier alpha value is -3.88. The van der Waals surface area contributed by atoms with Crippen molar-refractivity contribution in [3.05, 3.63) is 76.1 Å². The van der Waals surface area contributed by atoms with E-state index in [-0.39, 0.29) is 24.1 Å². The van der Waals surface area contributed by atoms with Crippen molar-refractivity contribution in [2.24, 2.45) is 0 Å². The molecule has 0 unspecified atom stereocenters. The Bertz CT molecular complexity index is 1040. The molecule has 142 valence electrons. The van der Waals surface area contributed by atoms with E-state index in [2.05, 4.69) is 5.10 Å². The van der Waals surface area contributed by atoms with E-state index in [4.69, 9.17) is 9.47 Å². The van der Waals surface area contributed by atoms with Crippen molar-refractivity contribution in [2.45, 2.75) is 6.54 Å². The van der Waals surface area contributed by atoms with Crippen molar-refractivity contribution < 1.29 is 19.2 Å². The third-order valence-corrected chi connectivity index (χ3v) is 4.34. The summed E-state index contributed by atoms with van der Waals surface area (Å²) in [5.74, 6) is 1.12. The molecule has 1 amide bonds. The van der Waals surface area contributed by atoms with Crippen LogP contribution in [-0.4, -0.2) is 39.4 Å². The Morgan fingerprint density at radius 3 is 2.68 bits per heavy atom. The summed E-state index contributed by atoms with van der Waals surface area (Å²) in [6, 6.07) is 13.1. The molecule has 9 heteroatoms. The van der Waals surface area contributed by atoms with E-state index in [9.17, 15) is 14.9 Å².